The first-order chi connectivity index (χ1) is 16.3. The van der Waals surface area contributed by atoms with Crippen molar-refractivity contribution in [3.8, 4) is 5.75 Å². The van der Waals surface area contributed by atoms with E-state index in [1.54, 1.807) is 24.3 Å². The van der Waals surface area contributed by atoms with Gasteiger partial charge < -0.3 is 25.4 Å². The number of aliphatic hydroxyl groups is 2. The summed E-state index contributed by atoms with van der Waals surface area (Å²) in [6.45, 7) is 2.19. The highest BCUT2D eigenvalue weighted by atomic mass is 32.2. The minimum Gasteiger partial charge on any atom is -0.508 e. The standard InChI is InChI=1S/C25H36N2O6S/c1-34(31,32)27-23-11-8-20(9-12-23)7-6-16-33-15-5-3-2-4-14-26-18-25(30)21-10-13-24(29)22(17-21)19-28/h6-13,17,25-30H,2-5,14-16,18-19H2,1H3/b7-6-. The van der Waals surface area contributed by atoms with E-state index in [9.17, 15) is 23.7 Å². The predicted molar refractivity (Wildman–Crippen MR) is 135 cm³/mol. The van der Waals surface area contributed by atoms with Crippen molar-refractivity contribution >= 4 is 21.8 Å². The monoisotopic (exact) mass is 492 g/mol. The van der Waals surface area contributed by atoms with E-state index in [-0.39, 0.29) is 12.4 Å². The number of unbranched alkanes of at least 4 members (excludes halogenated alkanes) is 3. The normalized spacial score (nSPS) is 12.8. The van der Waals surface area contributed by atoms with Gasteiger partial charge in [-0.3, -0.25) is 4.72 Å². The van der Waals surface area contributed by atoms with Crippen LogP contribution in [0.2, 0.25) is 0 Å². The number of hydrogen-bond donors (Lipinski definition) is 5. The summed E-state index contributed by atoms with van der Waals surface area (Å²) in [5, 5.41) is 32.3. The topological polar surface area (TPSA) is 128 Å². The first-order valence-electron chi connectivity index (χ1n) is 11.4. The van der Waals surface area contributed by atoms with Crippen LogP contribution >= 0.6 is 0 Å². The molecule has 0 bridgehead atoms. The summed E-state index contributed by atoms with van der Waals surface area (Å²) in [4.78, 5) is 0. The summed E-state index contributed by atoms with van der Waals surface area (Å²) < 4.78 is 30.5. The fourth-order valence-electron chi connectivity index (χ4n) is 3.32. The lowest BCUT2D eigenvalue weighted by Crippen LogP contribution is -2.22. The maximum absolute atomic E-state index is 11.2. The van der Waals surface area contributed by atoms with Crippen molar-refractivity contribution in [1.29, 1.82) is 0 Å². The Hall–Kier alpha value is -2.43. The number of sulfonamides is 1. The third kappa shape index (κ3) is 11.1. The maximum atomic E-state index is 11.2. The lowest BCUT2D eigenvalue weighted by molar-refractivity contribution is 0.157. The molecule has 1 atom stereocenters. The number of benzene rings is 2. The van der Waals surface area contributed by atoms with E-state index < -0.39 is 16.1 Å². The number of rotatable bonds is 16. The van der Waals surface area contributed by atoms with Crippen LogP contribution in [0.15, 0.2) is 48.5 Å². The van der Waals surface area contributed by atoms with Gasteiger partial charge >= 0.3 is 0 Å². The Morgan fingerprint density at radius 1 is 1.06 bits per heavy atom. The van der Waals surface area contributed by atoms with Crippen molar-refractivity contribution in [3.05, 3.63) is 65.2 Å². The van der Waals surface area contributed by atoms with Crippen molar-refractivity contribution in [1.82, 2.24) is 5.32 Å². The molecule has 1 unspecified atom stereocenters. The molecule has 9 heteroatoms. The lowest BCUT2D eigenvalue weighted by atomic mass is 10.1. The van der Waals surface area contributed by atoms with E-state index in [4.69, 9.17) is 4.74 Å². The number of hydrogen-bond acceptors (Lipinski definition) is 7. The second-order valence-corrected chi connectivity index (χ2v) is 9.90. The SMILES string of the molecule is CS(=O)(=O)Nc1ccc(/C=C\COCCCCCCNCC(O)c2ccc(O)c(CO)c2)cc1. The first kappa shape index (κ1) is 27.8. The van der Waals surface area contributed by atoms with Gasteiger partial charge in [0.15, 0.2) is 0 Å². The van der Waals surface area contributed by atoms with Crippen molar-refractivity contribution < 1.29 is 28.5 Å². The Morgan fingerprint density at radius 3 is 2.50 bits per heavy atom. The Morgan fingerprint density at radius 2 is 1.79 bits per heavy atom. The van der Waals surface area contributed by atoms with E-state index >= 15 is 0 Å². The number of anilines is 1. The zero-order valence-corrected chi connectivity index (χ0v) is 20.4. The fraction of sp³-hybridized carbons (Fsp3) is 0.440. The third-order valence-electron chi connectivity index (χ3n) is 5.13. The molecule has 0 heterocycles. The van der Waals surface area contributed by atoms with Crippen molar-refractivity contribution in [3.63, 3.8) is 0 Å². The van der Waals surface area contributed by atoms with Crippen molar-refractivity contribution in [2.24, 2.45) is 0 Å². The second kappa shape index (κ2) is 14.7. The third-order valence-corrected chi connectivity index (χ3v) is 5.73. The van der Waals surface area contributed by atoms with E-state index in [1.807, 2.05) is 24.3 Å². The summed E-state index contributed by atoms with van der Waals surface area (Å²) in [6.07, 6.45) is 8.45. The van der Waals surface area contributed by atoms with Crippen LogP contribution in [0.5, 0.6) is 5.75 Å². The van der Waals surface area contributed by atoms with Crippen LogP contribution in [0.4, 0.5) is 5.69 Å². The maximum Gasteiger partial charge on any atom is 0.229 e. The molecule has 8 nitrogen and oxygen atoms in total. The molecular weight excluding hydrogens is 456 g/mol. The predicted octanol–water partition coefficient (Wildman–Crippen LogP) is 3.17. The Balaban J connectivity index is 1.47. The first-order valence-corrected chi connectivity index (χ1v) is 13.3. The van der Waals surface area contributed by atoms with Gasteiger partial charge in [0.2, 0.25) is 10.0 Å². The van der Waals surface area contributed by atoms with Gasteiger partial charge in [-0.2, -0.15) is 0 Å². The molecule has 2 aromatic rings. The number of phenols is 1. The van der Waals surface area contributed by atoms with Crippen LogP contribution in [-0.2, 0) is 21.4 Å². The molecule has 5 N–H and O–H groups in total. The average Bonchev–Trinajstić information content (AvgIpc) is 2.80. The molecule has 0 fully saturated rings. The zero-order chi connectivity index (χ0) is 24.8. The van der Waals surface area contributed by atoms with E-state index in [0.717, 1.165) is 44.0 Å². The molecular formula is C25H36N2O6S. The van der Waals surface area contributed by atoms with Gasteiger partial charge in [0.1, 0.15) is 5.75 Å². The average molecular weight is 493 g/mol. The molecule has 0 aromatic heterocycles. The molecule has 2 rings (SSSR count). The quantitative estimate of drug-likeness (QED) is 0.228. The highest BCUT2D eigenvalue weighted by molar-refractivity contribution is 7.92. The second-order valence-electron chi connectivity index (χ2n) is 8.15. The number of aliphatic hydroxyl groups excluding tert-OH is 2. The molecule has 0 spiro atoms. The summed E-state index contributed by atoms with van der Waals surface area (Å²) in [5.41, 5.74) is 2.59. The van der Waals surface area contributed by atoms with E-state index in [1.165, 1.54) is 6.07 Å². The minimum atomic E-state index is -3.26. The number of aromatic hydroxyl groups is 1. The highest BCUT2D eigenvalue weighted by Gasteiger charge is 2.09. The Bertz CT molecular complexity index is 993. The zero-order valence-electron chi connectivity index (χ0n) is 19.6. The highest BCUT2D eigenvalue weighted by Crippen LogP contribution is 2.22. The smallest absolute Gasteiger partial charge is 0.229 e. The molecule has 0 amide bonds. The summed E-state index contributed by atoms with van der Waals surface area (Å²) >= 11 is 0. The Kier molecular flexibility index (Phi) is 12.1. The number of ether oxygens (including phenoxy) is 1. The summed E-state index contributed by atoms with van der Waals surface area (Å²) in [6, 6.07) is 11.9. The molecule has 0 aliphatic heterocycles. The van der Waals surface area contributed by atoms with Crippen LogP contribution < -0.4 is 10.0 Å². The number of nitrogens with one attached hydrogen (secondary N) is 2. The fourth-order valence-corrected chi connectivity index (χ4v) is 3.88. The molecule has 0 aliphatic rings. The summed E-state index contributed by atoms with van der Waals surface area (Å²) in [5.74, 6) is 0.0301. The molecule has 0 saturated heterocycles. The van der Waals surface area contributed by atoms with Gasteiger partial charge in [-0.05, 0) is 54.8 Å². The van der Waals surface area contributed by atoms with Gasteiger partial charge in [-0.1, -0.05) is 43.2 Å². The van der Waals surface area contributed by atoms with E-state index in [0.29, 0.717) is 36.6 Å². The van der Waals surface area contributed by atoms with Crippen LogP contribution in [0, 0.1) is 0 Å². The van der Waals surface area contributed by atoms with Gasteiger partial charge in [0.25, 0.3) is 0 Å². The molecule has 0 saturated carbocycles. The molecule has 188 valence electrons. The van der Waals surface area contributed by atoms with Crippen LogP contribution in [0.25, 0.3) is 6.08 Å². The summed E-state index contributed by atoms with van der Waals surface area (Å²) in [7, 11) is -3.26. The van der Waals surface area contributed by atoms with Gasteiger partial charge in [-0.25, -0.2) is 8.42 Å². The molecule has 34 heavy (non-hydrogen) atoms. The van der Waals surface area contributed by atoms with Crippen molar-refractivity contribution in [2.75, 3.05) is 37.3 Å². The molecule has 2 aromatic carbocycles. The van der Waals surface area contributed by atoms with Gasteiger partial charge in [0, 0.05) is 24.4 Å². The van der Waals surface area contributed by atoms with Crippen LogP contribution in [0.1, 0.15) is 48.5 Å². The molecule has 0 aliphatic carbocycles. The largest absolute Gasteiger partial charge is 0.508 e. The van der Waals surface area contributed by atoms with E-state index in [2.05, 4.69) is 10.0 Å². The molecule has 0 radical (unpaired) electrons. The van der Waals surface area contributed by atoms with Crippen molar-refractivity contribution in [2.45, 2.75) is 38.4 Å². The van der Waals surface area contributed by atoms with Crippen LogP contribution in [0.3, 0.4) is 0 Å². The minimum absolute atomic E-state index is 0.0301. The van der Waals surface area contributed by atoms with Crippen LogP contribution in [-0.4, -0.2) is 56.3 Å². The Labute approximate surface area is 202 Å². The van der Waals surface area contributed by atoms with Gasteiger partial charge in [-0.15, -0.1) is 0 Å². The lowest BCUT2D eigenvalue weighted by Gasteiger charge is -2.14. The van der Waals surface area contributed by atoms with Gasteiger partial charge in [0.05, 0.1) is 25.6 Å².